The molecule has 0 saturated heterocycles. The fraction of sp³-hybridized carbons (Fsp3) is 0.286. The summed E-state index contributed by atoms with van der Waals surface area (Å²) in [5.41, 5.74) is 1.05. The third-order valence-corrected chi connectivity index (χ3v) is 2.12. The summed E-state index contributed by atoms with van der Waals surface area (Å²) >= 11 is 5.07. The highest BCUT2D eigenvalue weighted by atomic mass is 32.1. The van der Waals surface area contributed by atoms with Crippen LogP contribution in [0.3, 0.4) is 0 Å². The lowest BCUT2D eigenvalue weighted by molar-refractivity contribution is 0.408. The number of nitrogens with zero attached hydrogens (tertiary/aromatic N) is 3. The fourth-order valence-electron chi connectivity index (χ4n) is 1.08. The van der Waals surface area contributed by atoms with Crippen molar-refractivity contribution >= 4 is 12.2 Å². The zero-order chi connectivity index (χ0) is 9.26. The Morgan fingerprint density at radius 1 is 1.69 bits per heavy atom. The molecule has 2 aromatic heterocycles. The standard InChI is InChI=1S/C7H8N4OS/c1-5-2-8-7(13)11(5)3-6-9-4-12-10-6/h2,4H,3H2,1H3,(H,8,13). The highest BCUT2D eigenvalue weighted by Gasteiger charge is 2.03. The van der Waals surface area contributed by atoms with E-state index >= 15 is 0 Å². The SMILES string of the molecule is Cc1c[nH]c(=S)n1Cc1ncon1. The van der Waals surface area contributed by atoms with Gasteiger partial charge >= 0.3 is 0 Å². The molecular weight excluding hydrogens is 188 g/mol. The number of H-pyrrole nitrogens is 1. The Morgan fingerprint density at radius 2 is 2.54 bits per heavy atom. The van der Waals surface area contributed by atoms with Gasteiger partial charge in [0, 0.05) is 11.9 Å². The molecule has 0 bridgehead atoms. The van der Waals surface area contributed by atoms with Gasteiger partial charge < -0.3 is 14.1 Å². The number of hydrogen-bond acceptors (Lipinski definition) is 4. The van der Waals surface area contributed by atoms with Crippen LogP contribution in [0, 0.1) is 11.7 Å². The number of imidazole rings is 1. The van der Waals surface area contributed by atoms with Gasteiger partial charge in [0.25, 0.3) is 0 Å². The average Bonchev–Trinajstić information content (AvgIpc) is 2.70. The number of hydrogen-bond donors (Lipinski definition) is 1. The van der Waals surface area contributed by atoms with Crippen molar-refractivity contribution in [2.24, 2.45) is 0 Å². The van der Waals surface area contributed by atoms with Crippen molar-refractivity contribution in [3.8, 4) is 0 Å². The molecule has 2 rings (SSSR count). The smallest absolute Gasteiger partial charge is 0.213 e. The predicted molar refractivity (Wildman–Crippen MR) is 47.8 cm³/mol. The van der Waals surface area contributed by atoms with Crippen LogP contribution in [-0.2, 0) is 6.54 Å². The molecule has 13 heavy (non-hydrogen) atoms. The molecule has 1 N–H and O–H groups in total. The number of nitrogens with one attached hydrogen (secondary N) is 1. The van der Waals surface area contributed by atoms with Crippen LogP contribution in [0.1, 0.15) is 11.5 Å². The van der Waals surface area contributed by atoms with E-state index in [1.807, 2.05) is 17.7 Å². The van der Waals surface area contributed by atoms with Crippen molar-refractivity contribution in [3.05, 3.63) is 28.9 Å². The quantitative estimate of drug-likeness (QED) is 0.735. The summed E-state index contributed by atoms with van der Waals surface area (Å²) in [6.07, 6.45) is 3.16. The largest absolute Gasteiger partial charge is 0.343 e. The Labute approximate surface area is 79.4 Å². The first-order valence-corrected chi connectivity index (χ1v) is 4.18. The summed E-state index contributed by atoms with van der Waals surface area (Å²) in [6, 6.07) is 0. The molecule has 0 amide bonds. The van der Waals surface area contributed by atoms with Gasteiger partial charge in [0.2, 0.25) is 6.39 Å². The molecule has 0 saturated carbocycles. The van der Waals surface area contributed by atoms with Gasteiger partial charge in [-0.15, -0.1) is 0 Å². The van der Waals surface area contributed by atoms with Gasteiger partial charge in [-0.2, -0.15) is 4.98 Å². The van der Waals surface area contributed by atoms with E-state index in [1.54, 1.807) is 0 Å². The number of aryl methyl sites for hydroxylation is 1. The third-order valence-electron chi connectivity index (χ3n) is 1.78. The van der Waals surface area contributed by atoms with E-state index < -0.39 is 0 Å². The van der Waals surface area contributed by atoms with Gasteiger partial charge in [-0.1, -0.05) is 5.16 Å². The maximum absolute atomic E-state index is 5.07. The molecule has 6 heteroatoms. The minimum absolute atomic E-state index is 0.546. The molecule has 0 aliphatic carbocycles. The maximum atomic E-state index is 5.07. The Kier molecular flexibility index (Phi) is 1.97. The van der Waals surface area contributed by atoms with Crippen LogP contribution < -0.4 is 0 Å². The lowest BCUT2D eigenvalue weighted by Crippen LogP contribution is -2.03. The second-order valence-corrected chi connectivity index (χ2v) is 3.06. The van der Waals surface area contributed by atoms with E-state index in [1.165, 1.54) is 6.39 Å². The lowest BCUT2D eigenvalue weighted by Gasteiger charge is -1.99. The number of rotatable bonds is 2. The molecule has 0 atom stereocenters. The molecule has 0 unspecified atom stereocenters. The van der Waals surface area contributed by atoms with Crippen molar-refractivity contribution in [1.29, 1.82) is 0 Å². The summed E-state index contributed by atoms with van der Waals surface area (Å²) in [5, 5.41) is 3.71. The van der Waals surface area contributed by atoms with Gasteiger partial charge in [-0.05, 0) is 19.1 Å². The van der Waals surface area contributed by atoms with Gasteiger partial charge in [0.15, 0.2) is 10.6 Å². The van der Waals surface area contributed by atoms with E-state index in [-0.39, 0.29) is 0 Å². The molecule has 5 nitrogen and oxygen atoms in total. The van der Waals surface area contributed by atoms with Crippen LogP contribution in [-0.4, -0.2) is 19.7 Å². The van der Waals surface area contributed by atoms with Crippen LogP contribution >= 0.6 is 12.2 Å². The second kappa shape index (κ2) is 3.14. The third kappa shape index (κ3) is 1.52. The van der Waals surface area contributed by atoms with Crippen LogP contribution in [0.2, 0.25) is 0 Å². The Hall–Kier alpha value is -1.43. The van der Waals surface area contributed by atoms with Gasteiger partial charge in [-0.25, -0.2) is 0 Å². The molecular formula is C7H8N4OS. The summed E-state index contributed by atoms with van der Waals surface area (Å²) in [4.78, 5) is 6.86. The van der Waals surface area contributed by atoms with Crippen LogP contribution in [0.15, 0.2) is 17.1 Å². The Balaban J connectivity index is 2.33. The molecule has 0 aliphatic rings. The van der Waals surface area contributed by atoms with Gasteiger partial charge in [-0.3, -0.25) is 0 Å². The predicted octanol–water partition coefficient (Wildman–Crippen LogP) is 1.29. The highest BCUT2D eigenvalue weighted by molar-refractivity contribution is 7.71. The van der Waals surface area contributed by atoms with Crippen LogP contribution in [0.25, 0.3) is 0 Å². The van der Waals surface area contributed by atoms with E-state index in [2.05, 4.69) is 19.6 Å². The first-order chi connectivity index (χ1) is 6.27. The second-order valence-electron chi connectivity index (χ2n) is 2.67. The molecule has 0 spiro atoms. The number of aromatic nitrogens is 4. The Morgan fingerprint density at radius 3 is 3.08 bits per heavy atom. The van der Waals surface area contributed by atoms with Gasteiger partial charge in [0.1, 0.15) is 0 Å². The summed E-state index contributed by atoms with van der Waals surface area (Å²) in [5.74, 6) is 0.624. The molecule has 68 valence electrons. The van der Waals surface area contributed by atoms with E-state index in [4.69, 9.17) is 12.2 Å². The summed E-state index contributed by atoms with van der Waals surface area (Å²) < 4.78 is 7.20. The zero-order valence-corrected chi connectivity index (χ0v) is 7.84. The van der Waals surface area contributed by atoms with Crippen LogP contribution in [0.5, 0.6) is 0 Å². The molecule has 0 aliphatic heterocycles. The van der Waals surface area contributed by atoms with Crippen molar-refractivity contribution < 1.29 is 4.52 Å². The zero-order valence-electron chi connectivity index (χ0n) is 7.02. The highest BCUT2D eigenvalue weighted by Crippen LogP contribution is 2.02. The van der Waals surface area contributed by atoms with Crippen molar-refractivity contribution in [1.82, 2.24) is 19.7 Å². The molecule has 2 aromatic rings. The normalized spacial score (nSPS) is 10.5. The maximum Gasteiger partial charge on any atom is 0.213 e. The minimum Gasteiger partial charge on any atom is -0.343 e. The summed E-state index contributed by atoms with van der Waals surface area (Å²) in [6.45, 7) is 2.51. The topological polar surface area (TPSA) is 59.6 Å². The van der Waals surface area contributed by atoms with E-state index in [0.29, 0.717) is 17.1 Å². The first-order valence-electron chi connectivity index (χ1n) is 3.77. The first kappa shape index (κ1) is 8.18. The molecule has 2 heterocycles. The van der Waals surface area contributed by atoms with E-state index in [0.717, 1.165) is 5.69 Å². The fourth-order valence-corrected chi connectivity index (χ4v) is 1.35. The van der Waals surface area contributed by atoms with E-state index in [9.17, 15) is 0 Å². The average molecular weight is 196 g/mol. The molecule has 0 fully saturated rings. The van der Waals surface area contributed by atoms with Crippen molar-refractivity contribution in [2.45, 2.75) is 13.5 Å². The summed E-state index contributed by atoms with van der Waals surface area (Å²) in [7, 11) is 0. The van der Waals surface area contributed by atoms with Crippen LogP contribution in [0.4, 0.5) is 0 Å². The minimum atomic E-state index is 0.546. The lowest BCUT2D eigenvalue weighted by atomic mass is 10.5. The Bertz CT molecular complexity index is 441. The monoisotopic (exact) mass is 196 g/mol. The van der Waals surface area contributed by atoms with Crippen molar-refractivity contribution in [2.75, 3.05) is 0 Å². The van der Waals surface area contributed by atoms with Crippen molar-refractivity contribution in [3.63, 3.8) is 0 Å². The molecule has 0 aromatic carbocycles. The molecule has 0 radical (unpaired) electrons. The number of aromatic amines is 1. The van der Waals surface area contributed by atoms with Gasteiger partial charge in [0.05, 0.1) is 6.54 Å².